The molecule has 0 atom stereocenters. The van der Waals surface area contributed by atoms with Crippen LogP contribution >= 0.6 is 11.3 Å². The molecular formula is C10H12N2O2S2. The van der Waals surface area contributed by atoms with Crippen LogP contribution in [0.4, 0.5) is 5.00 Å². The third-order valence-corrected chi connectivity index (χ3v) is 5.27. The van der Waals surface area contributed by atoms with Crippen LogP contribution < -0.4 is 4.72 Å². The van der Waals surface area contributed by atoms with Crippen LogP contribution in [-0.2, 0) is 22.9 Å². The first-order valence-electron chi connectivity index (χ1n) is 5.12. The smallest absolute Gasteiger partial charge is 0.233 e. The predicted octanol–water partition coefficient (Wildman–Crippen LogP) is 1.87. The average Bonchev–Trinajstić information content (AvgIpc) is 2.77. The van der Waals surface area contributed by atoms with Crippen LogP contribution in [0.25, 0.3) is 0 Å². The average molecular weight is 256 g/mol. The molecule has 16 heavy (non-hydrogen) atoms. The number of hydrogen-bond donors (Lipinski definition) is 1. The molecule has 0 aliphatic heterocycles. The minimum Gasteiger partial charge on any atom is -0.273 e. The second-order valence-electron chi connectivity index (χ2n) is 3.68. The Bertz CT molecular complexity index is 552. The van der Waals surface area contributed by atoms with Crippen molar-refractivity contribution < 1.29 is 8.42 Å². The van der Waals surface area contributed by atoms with Crippen LogP contribution in [0.1, 0.15) is 29.3 Å². The Morgan fingerprint density at radius 1 is 1.50 bits per heavy atom. The van der Waals surface area contributed by atoms with E-state index in [0.717, 1.165) is 29.7 Å². The number of nitrogens with zero attached hydrogens (tertiary/aromatic N) is 1. The summed E-state index contributed by atoms with van der Waals surface area (Å²) in [7, 11) is -3.28. The Balaban J connectivity index is 2.41. The molecule has 1 aromatic heterocycles. The van der Waals surface area contributed by atoms with E-state index >= 15 is 0 Å². The van der Waals surface area contributed by atoms with Gasteiger partial charge in [-0.2, -0.15) is 5.26 Å². The van der Waals surface area contributed by atoms with Crippen LogP contribution in [0, 0.1) is 11.3 Å². The molecule has 1 N–H and O–H groups in total. The second kappa shape index (κ2) is 4.07. The van der Waals surface area contributed by atoms with Gasteiger partial charge in [-0.25, -0.2) is 8.42 Å². The van der Waals surface area contributed by atoms with E-state index < -0.39 is 10.0 Å². The molecule has 2 rings (SSSR count). The molecule has 0 saturated heterocycles. The lowest BCUT2D eigenvalue weighted by atomic mass is 10.1. The van der Waals surface area contributed by atoms with Crippen LogP contribution in [0.2, 0.25) is 0 Å². The van der Waals surface area contributed by atoms with Gasteiger partial charge in [0.15, 0.2) is 0 Å². The topological polar surface area (TPSA) is 70.0 Å². The molecule has 6 heteroatoms. The predicted molar refractivity (Wildman–Crippen MR) is 64.1 cm³/mol. The van der Waals surface area contributed by atoms with Gasteiger partial charge >= 0.3 is 0 Å². The highest BCUT2D eigenvalue weighted by molar-refractivity contribution is 7.92. The summed E-state index contributed by atoms with van der Waals surface area (Å²) in [5.41, 5.74) is 1.57. The first kappa shape index (κ1) is 11.4. The van der Waals surface area contributed by atoms with Crippen molar-refractivity contribution in [3.63, 3.8) is 0 Å². The summed E-state index contributed by atoms with van der Waals surface area (Å²) in [4.78, 5) is 1.16. The number of sulfonamides is 1. The van der Waals surface area contributed by atoms with Gasteiger partial charge in [0, 0.05) is 4.88 Å². The van der Waals surface area contributed by atoms with Crippen molar-refractivity contribution in [1.29, 1.82) is 5.26 Å². The van der Waals surface area contributed by atoms with E-state index in [0.29, 0.717) is 10.6 Å². The third-order valence-electron chi connectivity index (χ3n) is 2.66. The highest BCUT2D eigenvalue weighted by Gasteiger charge is 2.23. The van der Waals surface area contributed by atoms with Crippen molar-refractivity contribution in [2.24, 2.45) is 0 Å². The zero-order valence-electron chi connectivity index (χ0n) is 8.91. The highest BCUT2D eigenvalue weighted by Crippen LogP contribution is 2.38. The molecule has 0 aromatic carbocycles. The Morgan fingerprint density at radius 3 is 2.88 bits per heavy atom. The minimum atomic E-state index is -3.28. The molecule has 0 saturated carbocycles. The molecule has 0 unspecified atom stereocenters. The lowest BCUT2D eigenvalue weighted by Gasteiger charge is -2.03. The Hall–Kier alpha value is -1.06. The van der Waals surface area contributed by atoms with Crippen molar-refractivity contribution in [1.82, 2.24) is 0 Å². The van der Waals surface area contributed by atoms with E-state index in [2.05, 4.69) is 10.8 Å². The molecule has 0 bridgehead atoms. The molecule has 0 spiro atoms. The zero-order chi connectivity index (χ0) is 11.8. The number of rotatable bonds is 3. The molecule has 0 fully saturated rings. The summed E-state index contributed by atoms with van der Waals surface area (Å²) in [6.45, 7) is 1.58. The van der Waals surface area contributed by atoms with Gasteiger partial charge in [-0.15, -0.1) is 11.3 Å². The highest BCUT2D eigenvalue weighted by atomic mass is 32.2. The van der Waals surface area contributed by atoms with Crippen molar-refractivity contribution in [2.75, 3.05) is 10.5 Å². The summed E-state index contributed by atoms with van der Waals surface area (Å²) in [6.07, 6.45) is 2.92. The van der Waals surface area contributed by atoms with Gasteiger partial charge in [-0.1, -0.05) is 0 Å². The Kier molecular flexibility index (Phi) is 2.91. The van der Waals surface area contributed by atoms with Crippen molar-refractivity contribution in [3.05, 3.63) is 16.0 Å². The maximum atomic E-state index is 11.4. The molecular weight excluding hydrogens is 244 g/mol. The lowest BCUT2D eigenvalue weighted by Crippen LogP contribution is -2.14. The van der Waals surface area contributed by atoms with Crippen LogP contribution in [0.3, 0.4) is 0 Å². The molecule has 1 aliphatic rings. The lowest BCUT2D eigenvalue weighted by molar-refractivity contribution is 0.602. The Labute approximate surface area is 99.0 Å². The van der Waals surface area contributed by atoms with Crippen LogP contribution in [0.5, 0.6) is 0 Å². The van der Waals surface area contributed by atoms with Gasteiger partial charge in [0.25, 0.3) is 0 Å². The van der Waals surface area contributed by atoms with E-state index in [4.69, 9.17) is 5.26 Å². The fraction of sp³-hybridized carbons (Fsp3) is 0.500. The van der Waals surface area contributed by atoms with Crippen molar-refractivity contribution in [3.8, 4) is 6.07 Å². The van der Waals surface area contributed by atoms with Gasteiger partial charge in [-0.3, -0.25) is 4.72 Å². The van der Waals surface area contributed by atoms with Gasteiger partial charge in [0.05, 0.1) is 11.3 Å². The summed E-state index contributed by atoms with van der Waals surface area (Å²) in [5.74, 6) is 0.0282. The molecule has 1 aliphatic carbocycles. The number of anilines is 1. The quantitative estimate of drug-likeness (QED) is 0.897. The summed E-state index contributed by atoms with van der Waals surface area (Å²) >= 11 is 1.40. The van der Waals surface area contributed by atoms with Gasteiger partial charge in [0.2, 0.25) is 10.0 Å². The maximum Gasteiger partial charge on any atom is 0.233 e. The first-order chi connectivity index (χ1) is 7.57. The normalized spacial score (nSPS) is 14.5. The fourth-order valence-corrected chi connectivity index (χ4v) is 3.98. The molecule has 1 heterocycles. The van der Waals surface area contributed by atoms with Gasteiger partial charge in [0.1, 0.15) is 11.1 Å². The zero-order valence-corrected chi connectivity index (χ0v) is 10.5. The van der Waals surface area contributed by atoms with Crippen LogP contribution in [0.15, 0.2) is 0 Å². The van der Waals surface area contributed by atoms with Gasteiger partial charge < -0.3 is 0 Å². The van der Waals surface area contributed by atoms with E-state index in [9.17, 15) is 8.42 Å². The minimum absolute atomic E-state index is 0.0282. The molecule has 4 nitrogen and oxygen atoms in total. The standard InChI is InChI=1S/C10H12N2O2S2/c1-2-16(13,14)12-10-8(6-11)7-4-3-5-9(7)15-10/h12H,2-5H2,1H3. The molecule has 1 aromatic rings. The Morgan fingerprint density at radius 2 is 2.25 bits per heavy atom. The maximum absolute atomic E-state index is 11.4. The van der Waals surface area contributed by atoms with Gasteiger partial charge in [-0.05, 0) is 31.7 Å². The number of aryl methyl sites for hydroxylation is 1. The molecule has 0 radical (unpaired) electrons. The SMILES string of the molecule is CCS(=O)(=O)Nc1sc2c(c1C#N)CCC2. The first-order valence-corrected chi connectivity index (χ1v) is 7.59. The third kappa shape index (κ3) is 1.93. The summed E-state index contributed by atoms with van der Waals surface area (Å²) in [6, 6.07) is 2.11. The number of nitriles is 1. The number of fused-ring (bicyclic) bond motifs is 1. The van der Waals surface area contributed by atoms with E-state index in [1.54, 1.807) is 6.92 Å². The van der Waals surface area contributed by atoms with Crippen molar-refractivity contribution >= 4 is 26.4 Å². The number of nitrogens with one attached hydrogen (secondary N) is 1. The second-order valence-corrected chi connectivity index (χ2v) is 6.79. The van der Waals surface area contributed by atoms with Crippen molar-refractivity contribution in [2.45, 2.75) is 26.2 Å². The van der Waals surface area contributed by atoms with E-state index in [-0.39, 0.29) is 5.75 Å². The number of thiophene rings is 1. The molecule has 0 amide bonds. The van der Waals surface area contributed by atoms with E-state index in [1.165, 1.54) is 11.3 Å². The summed E-state index contributed by atoms with van der Waals surface area (Å²) in [5, 5.41) is 9.56. The molecule has 86 valence electrons. The number of hydrogen-bond acceptors (Lipinski definition) is 4. The van der Waals surface area contributed by atoms with E-state index in [1.807, 2.05) is 0 Å². The largest absolute Gasteiger partial charge is 0.273 e. The summed E-state index contributed by atoms with van der Waals surface area (Å²) < 4.78 is 25.4. The fourth-order valence-electron chi connectivity index (χ4n) is 1.81. The van der Waals surface area contributed by atoms with Crippen LogP contribution in [-0.4, -0.2) is 14.2 Å². The monoisotopic (exact) mass is 256 g/mol.